The molecule has 3 N–H and O–H groups in total. The molecule has 4 heteroatoms. The zero-order chi connectivity index (χ0) is 13.8. The van der Waals surface area contributed by atoms with Crippen LogP contribution in [0.5, 0.6) is 0 Å². The van der Waals surface area contributed by atoms with Crippen molar-refractivity contribution < 1.29 is 4.79 Å². The van der Waals surface area contributed by atoms with Crippen LogP contribution in [-0.2, 0) is 6.42 Å². The first-order valence-electron chi connectivity index (χ1n) is 6.06. The van der Waals surface area contributed by atoms with Crippen molar-refractivity contribution in [2.45, 2.75) is 13.3 Å². The van der Waals surface area contributed by atoms with Crippen LogP contribution in [0.1, 0.15) is 22.8 Å². The first-order chi connectivity index (χ1) is 9.11. The van der Waals surface area contributed by atoms with E-state index in [9.17, 15) is 4.79 Å². The number of hydrogen-bond acceptors (Lipinski definition) is 2. The van der Waals surface area contributed by atoms with Crippen LogP contribution in [0.15, 0.2) is 46.9 Å². The average Bonchev–Trinajstić information content (AvgIpc) is 2.42. The zero-order valence-electron chi connectivity index (χ0n) is 10.6. The van der Waals surface area contributed by atoms with Crippen LogP contribution in [0.2, 0.25) is 0 Å². The van der Waals surface area contributed by atoms with Crippen molar-refractivity contribution in [2.75, 3.05) is 11.1 Å². The largest absolute Gasteiger partial charge is 0.399 e. The van der Waals surface area contributed by atoms with Gasteiger partial charge in [0, 0.05) is 15.8 Å². The number of aryl methyl sites for hydroxylation is 1. The third-order valence-corrected chi connectivity index (χ3v) is 3.57. The lowest BCUT2D eigenvalue weighted by molar-refractivity contribution is 0.102. The number of nitrogen functional groups attached to an aromatic ring is 1. The Morgan fingerprint density at radius 1 is 1.26 bits per heavy atom. The number of nitrogens with one attached hydrogen (secondary N) is 1. The molecule has 2 rings (SSSR count). The number of benzene rings is 2. The molecule has 0 bridgehead atoms. The standard InChI is InChI=1S/C15H15BrN2O/c1-2-10-5-3-4-6-14(10)18-15(19)12-9-11(17)7-8-13(12)16/h3-9H,2,17H2,1H3,(H,18,19). The lowest BCUT2D eigenvalue weighted by Gasteiger charge is -2.11. The van der Waals surface area contributed by atoms with Gasteiger partial charge in [-0.3, -0.25) is 4.79 Å². The van der Waals surface area contributed by atoms with Crippen molar-refractivity contribution in [3.8, 4) is 0 Å². The number of anilines is 2. The molecule has 0 aliphatic carbocycles. The second-order valence-corrected chi connectivity index (χ2v) is 5.06. The first kappa shape index (κ1) is 13.6. The number of nitrogens with two attached hydrogens (primary N) is 1. The van der Waals surface area contributed by atoms with Crippen LogP contribution >= 0.6 is 15.9 Å². The van der Waals surface area contributed by atoms with Crippen LogP contribution in [0.25, 0.3) is 0 Å². The lowest BCUT2D eigenvalue weighted by atomic mass is 10.1. The Balaban J connectivity index is 2.28. The van der Waals surface area contributed by atoms with E-state index in [-0.39, 0.29) is 5.91 Å². The Hall–Kier alpha value is -1.81. The number of carbonyl (C=O) groups is 1. The first-order valence-corrected chi connectivity index (χ1v) is 6.85. The lowest BCUT2D eigenvalue weighted by Crippen LogP contribution is -2.14. The molecule has 1 amide bonds. The van der Waals surface area contributed by atoms with Gasteiger partial charge in [0.1, 0.15) is 0 Å². The highest BCUT2D eigenvalue weighted by atomic mass is 79.9. The highest BCUT2D eigenvalue weighted by Crippen LogP contribution is 2.22. The summed E-state index contributed by atoms with van der Waals surface area (Å²) in [6.45, 7) is 2.06. The number of para-hydroxylation sites is 1. The summed E-state index contributed by atoms with van der Waals surface area (Å²) < 4.78 is 0.730. The summed E-state index contributed by atoms with van der Waals surface area (Å²) in [5.74, 6) is -0.167. The van der Waals surface area contributed by atoms with Crippen LogP contribution in [0.3, 0.4) is 0 Å². The SMILES string of the molecule is CCc1ccccc1NC(=O)c1cc(N)ccc1Br. The fourth-order valence-electron chi connectivity index (χ4n) is 1.86. The van der Waals surface area contributed by atoms with Gasteiger partial charge in [0.05, 0.1) is 5.56 Å². The van der Waals surface area contributed by atoms with E-state index >= 15 is 0 Å². The summed E-state index contributed by atoms with van der Waals surface area (Å²) in [6.07, 6.45) is 0.870. The van der Waals surface area contributed by atoms with Gasteiger partial charge in [0.25, 0.3) is 5.91 Å². The fourth-order valence-corrected chi connectivity index (χ4v) is 2.28. The van der Waals surface area contributed by atoms with E-state index < -0.39 is 0 Å². The Morgan fingerprint density at radius 2 is 2.00 bits per heavy atom. The Morgan fingerprint density at radius 3 is 2.74 bits per heavy atom. The van der Waals surface area contributed by atoms with E-state index in [1.165, 1.54) is 0 Å². The summed E-state index contributed by atoms with van der Waals surface area (Å²) in [4.78, 5) is 12.3. The maximum absolute atomic E-state index is 12.3. The summed E-state index contributed by atoms with van der Waals surface area (Å²) >= 11 is 3.36. The number of amides is 1. The number of rotatable bonds is 3. The number of halogens is 1. The van der Waals surface area contributed by atoms with E-state index in [1.54, 1.807) is 18.2 Å². The van der Waals surface area contributed by atoms with E-state index in [2.05, 4.69) is 28.2 Å². The molecule has 3 nitrogen and oxygen atoms in total. The van der Waals surface area contributed by atoms with Crippen LogP contribution < -0.4 is 11.1 Å². The summed E-state index contributed by atoms with van der Waals surface area (Å²) in [5, 5.41) is 2.92. The van der Waals surface area contributed by atoms with Crippen molar-refractivity contribution in [3.05, 3.63) is 58.1 Å². The van der Waals surface area contributed by atoms with E-state index in [1.807, 2.05) is 24.3 Å². The van der Waals surface area contributed by atoms with Crippen LogP contribution in [0.4, 0.5) is 11.4 Å². The van der Waals surface area contributed by atoms with Gasteiger partial charge in [-0.1, -0.05) is 25.1 Å². The van der Waals surface area contributed by atoms with Gasteiger partial charge < -0.3 is 11.1 Å². The average molecular weight is 319 g/mol. The van der Waals surface area contributed by atoms with Gasteiger partial charge in [-0.25, -0.2) is 0 Å². The Labute approximate surface area is 121 Å². The van der Waals surface area contributed by atoms with Gasteiger partial charge in [0.2, 0.25) is 0 Å². The second-order valence-electron chi connectivity index (χ2n) is 4.20. The summed E-state index contributed by atoms with van der Waals surface area (Å²) in [6, 6.07) is 13.0. The van der Waals surface area contributed by atoms with Crippen molar-refractivity contribution in [1.82, 2.24) is 0 Å². The molecule has 0 aliphatic rings. The van der Waals surface area contributed by atoms with Gasteiger partial charge in [-0.2, -0.15) is 0 Å². The molecular weight excluding hydrogens is 304 g/mol. The van der Waals surface area contributed by atoms with E-state index in [0.29, 0.717) is 11.3 Å². The zero-order valence-corrected chi connectivity index (χ0v) is 12.2. The maximum atomic E-state index is 12.3. The molecule has 0 atom stereocenters. The Kier molecular flexibility index (Phi) is 4.22. The fraction of sp³-hybridized carbons (Fsp3) is 0.133. The molecular formula is C15H15BrN2O. The van der Waals surface area contributed by atoms with E-state index in [0.717, 1.165) is 22.1 Å². The molecule has 2 aromatic rings. The van der Waals surface area contributed by atoms with Gasteiger partial charge in [-0.05, 0) is 52.2 Å². The minimum atomic E-state index is -0.167. The highest BCUT2D eigenvalue weighted by molar-refractivity contribution is 9.10. The Bertz CT molecular complexity index is 611. The smallest absolute Gasteiger partial charge is 0.256 e. The predicted octanol–water partition coefficient (Wildman–Crippen LogP) is 3.85. The van der Waals surface area contributed by atoms with Crippen molar-refractivity contribution in [3.63, 3.8) is 0 Å². The molecule has 0 saturated heterocycles. The topological polar surface area (TPSA) is 55.1 Å². The predicted molar refractivity (Wildman–Crippen MR) is 82.3 cm³/mol. The third kappa shape index (κ3) is 3.15. The number of carbonyl (C=O) groups excluding carboxylic acids is 1. The van der Waals surface area contributed by atoms with Crippen molar-refractivity contribution in [1.29, 1.82) is 0 Å². The summed E-state index contributed by atoms with van der Waals surface area (Å²) in [5.41, 5.74) is 8.76. The molecule has 98 valence electrons. The molecule has 0 heterocycles. The third-order valence-electron chi connectivity index (χ3n) is 2.88. The van der Waals surface area contributed by atoms with Crippen LogP contribution in [0, 0.1) is 0 Å². The molecule has 0 aliphatic heterocycles. The summed E-state index contributed by atoms with van der Waals surface area (Å²) in [7, 11) is 0. The normalized spacial score (nSPS) is 10.2. The van der Waals surface area contributed by atoms with Crippen LogP contribution in [-0.4, -0.2) is 5.91 Å². The molecule has 0 unspecified atom stereocenters. The molecule has 0 fully saturated rings. The van der Waals surface area contributed by atoms with Gasteiger partial charge >= 0.3 is 0 Å². The second kappa shape index (κ2) is 5.89. The molecule has 0 spiro atoms. The van der Waals surface area contributed by atoms with Crippen molar-refractivity contribution in [2.24, 2.45) is 0 Å². The molecule has 0 saturated carbocycles. The molecule has 2 aromatic carbocycles. The monoisotopic (exact) mass is 318 g/mol. The minimum Gasteiger partial charge on any atom is -0.399 e. The quantitative estimate of drug-likeness (QED) is 0.845. The van der Waals surface area contributed by atoms with E-state index in [4.69, 9.17) is 5.73 Å². The number of hydrogen-bond donors (Lipinski definition) is 2. The maximum Gasteiger partial charge on any atom is 0.256 e. The van der Waals surface area contributed by atoms with Gasteiger partial charge in [-0.15, -0.1) is 0 Å². The minimum absolute atomic E-state index is 0.167. The molecule has 0 aromatic heterocycles. The highest BCUT2D eigenvalue weighted by Gasteiger charge is 2.12. The molecule has 19 heavy (non-hydrogen) atoms. The molecule has 0 radical (unpaired) electrons. The van der Waals surface area contributed by atoms with Gasteiger partial charge in [0.15, 0.2) is 0 Å². The van der Waals surface area contributed by atoms with Crippen molar-refractivity contribution >= 4 is 33.2 Å².